The second kappa shape index (κ2) is 7.75. The van der Waals surface area contributed by atoms with Crippen LogP contribution in [-0.4, -0.2) is 38.8 Å². The highest BCUT2D eigenvalue weighted by molar-refractivity contribution is 5.98. The first kappa shape index (κ1) is 18.7. The van der Waals surface area contributed by atoms with Crippen LogP contribution >= 0.6 is 0 Å². The van der Waals surface area contributed by atoms with Crippen LogP contribution in [0.3, 0.4) is 0 Å². The standard InChI is InChI=1S/C21H19NO7/c1-12-15-10-14(25-2)4-6-16(15)29-20(12)21(24)28-11-19(23)22-13-3-5-17-18(9-13)27-8-7-26-17/h3-6,9-10H,7-8,11H2,1-2H3,(H,22,23). The summed E-state index contributed by atoms with van der Waals surface area (Å²) in [7, 11) is 1.56. The summed E-state index contributed by atoms with van der Waals surface area (Å²) in [6.45, 7) is 2.23. The fourth-order valence-corrected chi connectivity index (χ4v) is 3.04. The molecule has 150 valence electrons. The number of methoxy groups -OCH3 is 1. The van der Waals surface area contributed by atoms with E-state index in [9.17, 15) is 9.59 Å². The Labute approximate surface area is 166 Å². The number of anilines is 1. The highest BCUT2D eigenvalue weighted by atomic mass is 16.6. The number of aryl methyl sites for hydroxylation is 1. The van der Waals surface area contributed by atoms with Crippen LogP contribution in [0, 0.1) is 6.92 Å². The van der Waals surface area contributed by atoms with Gasteiger partial charge in [-0.2, -0.15) is 0 Å². The maximum absolute atomic E-state index is 12.4. The number of nitrogens with one attached hydrogen (secondary N) is 1. The molecule has 0 spiro atoms. The van der Waals surface area contributed by atoms with Gasteiger partial charge in [0.1, 0.15) is 24.5 Å². The summed E-state index contributed by atoms with van der Waals surface area (Å²) < 4.78 is 26.8. The zero-order chi connectivity index (χ0) is 20.4. The van der Waals surface area contributed by atoms with Gasteiger partial charge in [-0.15, -0.1) is 0 Å². The Kier molecular flexibility index (Phi) is 4.99. The number of fused-ring (bicyclic) bond motifs is 2. The van der Waals surface area contributed by atoms with Crippen LogP contribution in [0.15, 0.2) is 40.8 Å². The van der Waals surface area contributed by atoms with Crippen molar-refractivity contribution in [1.82, 2.24) is 0 Å². The van der Waals surface area contributed by atoms with E-state index in [0.29, 0.717) is 47.3 Å². The molecule has 0 aliphatic carbocycles. The molecule has 1 aromatic heterocycles. The van der Waals surface area contributed by atoms with Gasteiger partial charge in [0.25, 0.3) is 5.91 Å². The number of hydrogen-bond acceptors (Lipinski definition) is 7. The molecule has 8 heteroatoms. The van der Waals surface area contributed by atoms with Crippen LogP contribution in [0.25, 0.3) is 11.0 Å². The predicted octanol–water partition coefficient (Wildman–Crippen LogP) is 3.32. The highest BCUT2D eigenvalue weighted by Gasteiger charge is 2.21. The topological polar surface area (TPSA) is 96.2 Å². The van der Waals surface area contributed by atoms with Gasteiger partial charge >= 0.3 is 5.97 Å². The number of carbonyl (C=O) groups excluding carboxylic acids is 2. The SMILES string of the molecule is COc1ccc2oc(C(=O)OCC(=O)Nc3ccc4c(c3)OCCO4)c(C)c2c1. The van der Waals surface area contributed by atoms with Crippen molar-refractivity contribution < 1.29 is 33.0 Å². The van der Waals surface area contributed by atoms with E-state index in [2.05, 4.69) is 5.32 Å². The third-order valence-corrected chi connectivity index (χ3v) is 4.49. The van der Waals surface area contributed by atoms with Crippen molar-refractivity contribution in [3.63, 3.8) is 0 Å². The molecule has 8 nitrogen and oxygen atoms in total. The van der Waals surface area contributed by atoms with E-state index in [4.69, 9.17) is 23.4 Å². The third-order valence-electron chi connectivity index (χ3n) is 4.49. The van der Waals surface area contributed by atoms with Crippen LogP contribution in [0.5, 0.6) is 17.2 Å². The number of hydrogen-bond donors (Lipinski definition) is 1. The van der Waals surface area contributed by atoms with Crippen LogP contribution in [0.1, 0.15) is 16.1 Å². The largest absolute Gasteiger partial charge is 0.497 e. The summed E-state index contributed by atoms with van der Waals surface area (Å²) >= 11 is 0. The zero-order valence-electron chi connectivity index (χ0n) is 15.9. The van der Waals surface area contributed by atoms with Gasteiger partial charge < -0.3 is 28.7 Å². The number of benzene rings is 2. The lowest BCUT2D eigenvalue weighted by Crippen LogP contribution is -2.21. The number of carbonyl (C=O) groups is 2. The summed E-state index contributed by atoms with van der Waals surface area (Å²) in [4.78, 5) is 24.5. The summed E-state index contributed by atoms with van der Waals surface area (Å²) in [5.74, 6) is 0.693. The van der Waals surface area contributed by atoms with E-state index in [-0.39, 0.29) is 5.76 Å². The smallest absolute Gasteiger partial charge is 0.375 e. The van der Waals surface area contributed by atoms with E-state index in [1.807, 2.05) is 0 Å². The van der Waals surface area contributed by atoms with Crippen molar-refractivity contribution in [3.8, 4) is 17.2 Å². The third kappa shape index (κ3) is 3.82. The van der Waals surface area contributed by atoms with E-state index in [1.165, 1.54) is 0 Å². The number of amides is 1. The molecule has 0 saturated heterocycles. The Morgan fingerprint density at radius 1 is 1.07 bits per heavy atom. The Bertz CT molecular complexity index is 1090. The molecule has 1 aliphatic heterocycles. The molecular formula is C21H19NO7. The molecule has 0 bridgehead atoms. The van der Waals surface area contributed by atoms with Crippen molar-refractivity contribution in [2.45, 2.75) is 6.92 Å². The number of ether oxygens (including phenoxy) is 4. The van der Waals surface area contributed by atoms with Gasteiger partial charge in [-0.1, -0.05) is 0 Å². The van der Waals surface area contributed by atoms with Crippen LogP contribution in [0.4, 0.5) is 5.69 Å². The molecule has 1 aliphatic rings. The Balaban J connectivity index is 1.40. The minimum atomic E-state index is -0.713. The molecule has 1 N–H and O–H groups in total. The average Bonchev–Trinajstić information content (AvgIpc) is 3.08. The van der Waals surface area contributed by atoms with Crippen molar-refractivity contribution in [2.75, 3.05) is 32.2 Å². The summed E-state index contributed by atoms with van der Waals surface area (Å²) in [6, 6.07) is 10.3. The maximum Gasteiger partial charge on any atom is 0.375 e. The molecule has 2 aromatic carbocycles. The Hall–Kier alpha value is -3.68. The van der Waals surface area contributed by atoms with Crippen molar-refractivity contribution in [2.24, 2.45) is 0 Å². The Morgan fingerprint density at radius 2 is 1.86 bits per heavy atom. The molecule has 0 saturated carbocycles. The summed E-state index contributed by atoms with van der Waals surface area (Å²) in [5, 5.41) is 3.40. The molecule has 3 aromatic rings. The normalized spacial score (nSPS) is 12.5. The first-order chi connectivity index (χ1) is 14.0. The first-order valence-corrected chi connectivity index (χ1v) is 8.99. The maximum atomic E-state index is 12.4. The van der Waals surface area contributed by atoms with Crippen molar-refractivity contribution >= 4 is 28.5 Å². The van der Waals surface area contributed by atoms with Gasteiger partial charge in [-0.05, 0) is 37.3 Å². The van der Waals surface area contributed by atoms with Crippen LogP contribution < -0.4 is 19.5 Å². The molecule has 0 atom stereocenters. The number of rotatable bonds is 5. The monoisotopic (exact) mass is 397 g/mol. The molecule has 0 unspecified atom stereocenters. The van der Waals surface area contributed by atoms with Crippen molar-refractivity contribution in [3.05, 3.63) is 47.7 Å². The Morgan fingerprint density at radius 3 is 2.66 bits per heavy atom. The molecule has 2 heterocycles. The lowest BCUT2D eigenvalue weighted by Gasteiger charge is -2.18. The second-order valence-electron chi connectivity index (χ2n) is 6.40. The van der Waals surface area contributed by atoms with E-state index >= 15 is 0 Å². The van der Waals surface area contributed by atoms with E-state index < -0.39 is 18.5 Å². The minimum absolute atomic E-state index is 0.0559. The van der Waals surface area contributed by atoms with Gasteiger partial charge in [0, 0.05) is 22.7 Å². The van der Waals surface area contributed by atoms with Crippen LogP contribution in [-0.2, 0) is 9.53 Å². The molecule has 1 amide bonds. The zero-order valence-corrected chi connectivity index (χ0v) is 15.9. The minimum Gasteiger partial charge on any atom is -0.497 e. The lowest BCUT2D eigenvalue weighted by atomic mass is 10.1. The summed E-state index contributed by atoms with van der Waals surface area (Å²) in [5.41, 5.74) is 1.68. The molecule has 29 heavy (non-hydrogen) atoms. The summed E-state index contributed by atoms with van der Waals surface area (Å²) in [6.07, 6.45) is 0. The second-order valence-corrected chi connectivity index (χ2v) is 6.40. The van der Waals surface area contributed by atoms with Crippen LogP contribution in [0.2, 0.25) is 0 Å². The number of furan rings is 1. The molecular weight excluding hydrogens is 378 g/mol. The van der Waals surface area contributed by atoms with E-state index in [0.717, 1.165) is 5.39 Å². The predicted molar refractivity (Wildman–Crippen MR) is 104 cm³/mol. The van der Waals surface area contributed by atoms with Crippen molar-refractivity contribution in [1.29, 1.82) is 0 Å². The lowest BCUT2D eigenvalue weighted by molar-refractivity contribution is -0.119. The highest BCUT2D eigenvalue weighted by Crippen LogP contribution is 2.32. The average molecular weight is 397 g/mol. The molecule has 4 rings (SSSR count). The van der Waals surface area contributed by atoms with Gasteiger partial charge in [-0.25, -0.2) is 4.79 Å². The quantitative estimate of drug-likeness (QED) is 0.660. The van der Waals surface area contributed by atoms with Gasteiger partial charge in [-0.3, -0.25) is 4.79 Å². The molecule has 0 radical (unpaired) electrons. The molecule has 0 fully saturated rings. The van der Waals surface area contributed by atoms with Gasteiger partial charge in [0.15, 0.2) is 18.1 Å². The fraction of sp³-hybridized carbons (Fsp3) is 0.238. The van der Waals surface area contributed by atoms with Gasteiger partial charge in [0.2, 0.25) is 5.76 Å². The first-order valence-electron chi connectivity index (χ1n) is 8.99. The van der Waals surface area contributed by atoms with E-state index in [1.54, 1.807) is 50.4 Å². The number of esters is 1. The fourth-order valence-electron chi connectivity index (χ4n) is 3.04. The van der Waals surface area contributed by atoms with Gasteiger partial charge in [0.05, 0.1) is 7.11 Å².